The molecule has 0 saturated carbocycles. The van der Waals surface area contributed by atoms with E-state index in [0.717, 1.165) is 11.0 Å². The highest BCUT2D eigenvalue weighted by Crippen LogP contribution is 2.33. The monoisotopic (exact) mass is 556 g/mol. The van der Waals surface area contributed by atoms with Crippen molar-refractivity contribution in [3.8, 4) is 11.3 Å². The van der Waals surface area contributed by atoms with Gasteiger partial charge in [0.25, 0.3) is 5.91 Å². The van der Waals surface area contributed by atoms with Crippen LogP contribution in [0.2, 0.25) is 0 Å². The first kappa shape index (κ1) is 26.8. The largest absolute Gasteiger partial charge is 0.418 e. The molecular weight excluding hydrogens is 533 g/mol. The van der Waals surface area contributed by atoms with Crippen LogP contribution in [-0.4, -0.2) is 79.3 Å². The second-order valence-electron chi connectivity index (χ2n) is 9.31. The average molecular weight is 557 g/mol. The summed E-state index contributed by atoms with van der Waals surface area (Å²) < 4.78 is 44.9. The number of nitrogens with zero attached hydrogens (tertiary/aromatic N) is 7. The van der Waals surface area contributed by atoms with Crippen molar-refractivity contribution in [2.24, 2.45) is 4.99 Å². The molecule has 3 aromatic rings. The second kappa shape index (κ2) is 10.1. The summed E-state index contributed by atoms with van der Waals surface area (Å²) in [6.07, 6.45) is -1.46. The Hall–Kier alpha value is -4.82. The van der Waals surface area contributed by atoms with E-state index < -0.39 is 47.8 Å². The van der Waals surface area contributed by atoms with Crippen LogP contribution in [0.5, 0.6) is 0 Å². The number of rotatable bonds is 6. The van der Waals surface area contributed by atoms with Gasteiger partial charge in [0.05, 0.1) is 24.1 Å². The highest BCUT2D eigenvalue weighted by molar-refractivity contribution is 6.03. The zero-order valence-corrected chi connectivity index (χ0v) is 21.5. The van der Waals surface area contributed by atoms with E-state index in [1.54, 1.807) is 6.92 Å². The quantitative estimate of drug-likeness (QED) is 0.490. The number of halogens is 3. The predicted octanol–water partition coefficient (Wildman–Crippen LogP) is 2.92. The Morgan fingerprint density at radius 2 is 2.00 bits per heavy atom. The van der Waals surface area contributed by atoms with Gasteiger partial charge >= 0.3 is 12.2 Å². The number of pyridine rings is 2. The molecule has 5 heterocycles. The Morgan fingerprint density at radius 3 is 2.70 bits per heavy atom. The fourth-order valence-electron chi connectivity index (χ4n) is 4.54. The number of hydrogen-bond acceptors (Lipinski definition) is 9. The molecule has 0 radical (unpaired) electrons. The molecule has 0 bridgehead atoms. The first-order valence-corrected chi connectivity index (χ1v) is 12.1. The highest BCUT2D eigenvalue weighted by Gasteiger charge is 2.51. The van der Waals surface area contributed by atoms with Gasteiger partial charge in [-0.1, -0.05) is 11.2 Å². The topological polar surface area (TPSA) is 137 Å². The molecule has 1 N–H and O–H groups in total. The SMILES string of the molecule is Cc1ncc(-c2cccc(NC(=O)[C@H](C)N3C=NC4C3C(=O)N(Cc3ccon3)C(=O)N4C)n2)cc1C(F)(F)F. The summed E-state index contributed by atoms with van der Waals surface area (Å²) in [7, 11) is 1.51. The van der Waals surface area contributed by atoms with Crippen LogP contribution in [-0.2, 0) is 22.3 Å². The number of carbonyl (C=O) groups excluding carboxylic acids is 3. The standard InChI is InChI=1S/C25H23F3N8O4/c1-13-17(25(26,27)28)9-15(10-29-13)18-5-4-6-19(31-18)32-22(37)14(2)36-12-30-21-20(36)23(38)35(24(39)34(21)3)11-16-7-8-40-33-16/h4-10,12,14,20-21H,11H2,1-3H3,(H,31,32,37)/t14-,20?,21?/m0/s1. The van der Waals surface area contributed by atoms with E-state index in [9.17, 15) is 27.6 Å². The number of nitrogens with one attached hydrogen (secondary N) is 1. The third-order valence-corrected chi connectivity index (χ3v) is 6.73. The number of hydrogen-bond donors (Lipinski definition) is 1. The summed E-state index contributed by atoms with van der Waals surface area (Å²) in [5.74, 6) is -1.02. The zero-order valence-electron chi connectivity index (χ0n) is 21.5. The summed E-state index contributed by atoms with van der Waals surface area (Å²) in [5, 5.41) is 6.39. The number of carbonyl (C=O) groups is 3. The lowest BCUT2D eigenvalue weighted by atomic mass is 10.1. The van der Waals surface area contributed by atoms with Gasteiger partial charge in [0.15, 0.2) is 12.2 Å². The summed E-state index contributed by atoms with van der Waals surface area (Å²) in [6, 6.07) is 4.55. The molecule has 2 unspecified atom stereocenters. The number of likely N-dealkylation sites (N-methyl/N-ethyl adjacent to an activating group) is 1. The Bertz CT molecular complexity index is 1490. The molecule has 0 aromatic carbocycles. The van der Waals surface area contributed by atoms with Crippen molar-refractivity contribution in [3.63, 3.8) is 0 Å². The van der Waals surface area contributed by atoms with Gasteiger partial charge in [-0.15, -0.1) is 0 Å². The van der Waals surface area contributed by atoms with Crippen molar-refractivity contribution < 1.29 is 32.1 Å². The maximum absolute atomic E-state index is 13.4. The third-order valence-electron chi connectivity index (χ3n) is 6.73. The normalized spacial score (nSPS) is 19.7. The molecule has 0 spiro atoms. The molecule has 208 valence electrons. The summed E-state index contributed by atoms with van der Waals surface area (Å²) in [5.41, 5.74) is -0.358. The van der Waals surface area contributed by atoms with Crippen LogP contribution in [0, 0.1) is 6.92 Å². The van der Waals surface area contributed by atoms with Crippen LogP contribution in [0.15, 0.2) is 52.3 Å². The minimum atomic E-state index is -4.58. The van der Waals surface area contributed by atoms with Gasteiger partial charge in [-0.25, -0.2) is 14.8 Å². The maximum atomic E-state index is 13.4. The summed E-state index contributed by atoms with van der Waals surface area (Å²) in [4.78, 5) is 55.6. The maximum Gasteiger partial charge on any atom is 0.418 e. The third kappa shape index (κ3) is 4.85. The van der Waals surface area contributed by atoms with E-state index in [-0.39, 0.29) is 29.3 Å². The van der Waals surface area contributed by atoms with E-state index in [0.29, 0.717) is 5.69 Å². The van der Waals surface area contributed by atoms with E-state index in [4.69, 9.17) is 4.52 Å². The molecule has 0 aliphatic carbocycles. The van der Waals surface area contributed by atoms with Gasteiger partial charge in [-0.3, -0.25) is 19.5 Å². The van der Waals surface area contributed by atoms with Crippen molar-refractivity contribution in [1.82, 2.24) is 29.8 Å². The molecular formula is C25H23F3N8O4. The summed E-state index contributed by atoms with van der Waals surface area (Å²) in [6.45, 7) is 2.71. The van der Waals surface area contributed by atoms with E-state index in [1.807, 2.05) is 0 Å². The van der Waals surface area contributed by atoms with Crippen molar-refractivity contribution in [2.75, 3.05) is 12.4 Å². The van der Waals surface area contributed by atoms with Gasteiger partial charge in [-0.05, 0) is 32.0 Å². The lowest BCUT2D eigenvalue weighted by molar-refractivity contribution is -0.140. The molecule has 1 saturated heterocycles. The fourth-order valence-corrected chi connectivity index (χ4v) is 4.54. The van der Waals surface area contributed by atoms with Crippen molar-refractivity contribution in [2.45, 2.75) is 44.8 Å². The molecule has 3 atom stereocenters. The number of urea groups is 1. The molecule has 15 heteroatoms. The molecule has 2 aliphatic heterocycles. The first-order valence-electron chi connectivity index (χ1n) is 12.1. The van der Waals surface area contributed by atoms with Crippen LogP contribution in [0.3, 0.4) is 0 Å². The average Bonchev–Trinajstić information content (AvgIpc) is 3.59. The lowest BCUT2D eigenvalue weighted by Crippen LogP contribution is -2.66. The van der Waals surface area contributed by atoms with Gasteiger partial charge in [0, 0.05) is 30.6 Å². The number of aryl methyl sites for hydroxylation is 1. The Morgan fingerprint density at radius 1 is 1.23 bits per heavy atom. The van der Waals surface area contributed by atoms with Crippen molar-refractivity contribution >= 4 is 30.0 Å². The number of aliphatic imine (C=N–C) groups is 1. The van der Waals surface area contributed by atoms with Gasteiger partial charge in [-0.2, -0.15) is 13.2 Å². The van der Waals surface area contributed by atoms with Gasteiger partial charge in [0.1, 0.15) is 23.8 Å². The highest BCUT2D eigenvalue weighted by atomic mass is 19.4. The van der Waals surface area contributed by atoms with E-state index in [2.05, 4.69) is 25.4 Å². The molecule has 3 aromatic heterocycles. The zero-order chi connectivity index (χ0) is 28.8. The fraction of sp³-hybridized carbons (Fsp3) is 0.320. The van der Waals surface area contributed by atoms with Gasteiger partial charge < -0.3 is 19.6 Å². The van der Waals surface area contributed by atoms with E-state index in [1.165, 1.54) is 66.8 Å². The molecule has 40 heavy (non-hydrogen) atoms. The molecule has 12 nitrogen and oxygen atoms in total. The van der Waals surface area contributed by atoms with Crippen LogP contribution >= 0.6 is 0 Å². The van der Waals surface area contributed by atoms with E-state index >= 15 is 0 Å². The number of alkyl halides is 3. The molecule has 1 fully saturated rings. The summed E-state index contributed by atoms with van der Waals surface area (Å²) >= 11 is 0. The molecule has 4 amide bonds. The molecule has 5 rings (SSSR count). The minimum Gasteiger partial charge on any atom is -0.364 e. The number of anilines is 1. The second-order valence-corrected chi connectivity index (χ2v) is 9.31. The predicted molar refractivity (Wildman–Crippen MR) is 133 cm³/mol. The molecule has 2 aliphatic rings. The lowest BCUT2D eigenvalue weighted by Gasteiger charge is -2.42. The smallest absolute Gasteiger partial charge is 0.364 e. The number of imide groups is 1. The van der Waals surface area contributed by atoms with Crippen LogP contribution in [0.4, 0.5) is 23.8 Å². The van der Waals surface area contributed by atoms with Gasteiger partial charge in [0.2, 0.25) is 5.91 Å². The number of fused-ring (bicyclic) bond motifs is 1. The number of amides is 4. The van der Waals surface area contributed by atoms with Crippen molar-refractivity contribution in [1.29, 1.82) is 0 Å². The number of aromatic nitrogens is 3. The first-order chi connectivity index (χ1) is 19.0. The van der Waals surface area contributed by atoms with Crippen LogP contribution in [0.25, 0.3) is 11.3 Å². The Labute approximate surface area is 225 Å². The minimum absolute atomic E-state index is 0.0890. The van der Waals surface area contributed by atoms with Crippen LogP contribution in [0.1, 0.15) is 23.9 Å². The Balaban J connectivity index is 1.33. The van der Waals surface area contributed by atoms with Crippen LogP contribution < -0.4 is 5.32 Å². The Kier molecular flexibility index (Phi) is 6.73. The van der Waals surface area contributed by atoms with Crippen molar-refractivity contribution in [3.05, 3.63) is 59.7 Å².